The quantitative estimate of drug-likeness (QED) is 0.649. The molecule has 4 heterocycles. The molecule has 7 heteroatoms. The summed E-state index contributed by atoms with van der Waals surface area (Å²) in [5.41, 5.74) is 2.71. The van der Waals surface area contributed by atoms with Gasteiger partial charge in [0, 0.05) is 76.2 Å². The number of para-hydroxylation sites is 1. The Labute approximate surface area is 177 Å². The van der Waals surface area contributed by atoms with Gasteiger partial charge in [0.2, 0.25) is 5.95 Å². The lowest BCUT2D eigenvalue weighted by Gasteiger charge is -2.29. The average Bonchev–Trinajstić information content (AvgIpc) is 3.39. The van der Waals surface area contributed by atoms with Gasteiger partial charge in [-0.25, -0.2) is 4.98 Å². The third kappa shape index (κ3) is 3.75. The van der Waals surface area contributed by atoms with E-state index in [-0.39, 0.29) is 0 Å². The van der Waals surface area contributed by atoms with Gasteiger partial charge in [-0.3, -0.25) is 4.90 Å². The highest BCUT2D eigenvalue weighted by Crippen LogP contribution is 2.26. The summed E-state index contributed by atoms with van der Waals surface area (Å²) in [5.74, 6) is 1.82. The molecule has 7 nitrogen and oxygen atoms in total. The zero-order valence-electron chi connectivity index (χ0n) is 17.9. The molecule has 2 saturated heterocycles. The van der Waals surface area contributed by atoms with Crippen molar-refractivity contribution in [3.63, 3.8) is 0 Å². The Hall–Kier alpha value is -2.64. The van der Waals surface area contributed by atoms with Crippen molar-refractivity contribution in [3.8, 4) is 0 Å². The minimum absolute atomic E-state index is 0.465. The van der Waals surface area contributed by atoms with Crippen molar-refractivity contribution in [2.24, 2.45) is 7.05 Å². The van der Waals surface area contributed by atoms with Crippen LogP contribution in [0.15, 0.2) is 42.7 Å². The van der Waals surface area contributed by atoms with Crippen LogP contribution < -0.4 is 9.80 Å². The number of likely N-dealkylation sites (N-methyl/N-ethyl adjacent to an activating group) is 1. The molecule has 2 aliphatic rings. The summed E-state index contributed by atoms with van der Waals surface area (Å²) < 4.78 is 7.69. The normalized spacial score (nSPS) is 20.2. The van der Waals surface area contributed by atoms with E-state index >= 15 is 0 Å². The summed E-state index contributed by atoms with van der Waals surface area (Å²) in [4.78, 5) is 16.5. The van der Waals surface area contributed by atoms with Gasteiger partial charge in [0.05, 0.1) is 13.2 Å². The summed E-state index contributed by atoms with van der Waals surface area (Å²) in [5, 5.41) is 1.36. The van der Waals surface area contributed by atoms with Crippen molar-refractivity contribution in [2.75, 3.05) is 56.2 Å². The highest BCUT2D eigenvalue weighted by Gasteiger charge is 2.27. The minimum Gasteiger partial charge on any atom is -0.378 e. The van der Waals surface area contributed by atoms with Crippen molar-refractivity contribution < 1.29 is 4.74 Å². The minimum atomic E-state index is 0.465. The van der Waals surface area contributed by atoms with Crippen LogP contribution in [0, 0.1) is 0 Å². The molecule has 2 aromatic heterocycles. The van der Waals surface area contributed by atoms with Crippen LogP contribution in [0.25, 0.3) is 10.9 Å². The summed E-state index contributed by atoms with van der Waals surface area (Å²) >= 11 is 0. The topological polar surface area (TPSA) is 49.7 Å². The molecule has 3 aromatic rings. The van der Waals surface area contributed by atoms with Crippen LogP contribution in [0.4, 0.5) is 11.8 Å². The van der Waals surface area contributed by atoms with E-state index in [1.54, 1.807) is 0 Å². The molecule has 2 aliphatic heterocycles. The van der Waals surface area contributed by atoms with Crippen molar-refractivity contribution >= 4 is 22.7 Å². The van der Waals surface area contributed by atoms with E-state index in [0.717, 1.165) is 64.1 Å². The van der Waals surface area contributed by atoms with Crippen molar-refractivity contribution in [2.45, 2.75) is 19.0 Å². The van der Waals surface area contributed by atoms with E-state index in [1.807, 2.05) is 12.3 Å². The number of anilines is 2. The maximum absolute atomic E-state index is 5.45. The summed E-state index contributed by atoms with van der Waals surface area (Å²) in [7, 11) is 4.30. The fourth-order valence-electron chi connectivity index (χ4n) is 4.70. The molecule has 0 radical (unpaired) electrons. The first-order valence-corrected chi connectivity index (χ1v) is 10.8. The predicted octanol–water partition coefficient (Wildman–Crippen LogP) is 2.52. The number of aromatic nitrogens is 3. The number of morpholine rings is 1. The molecular formula is C23H30N6O. The molecule has 1 atom stereocenters. The monoisotopic (exact) mass is 406 g/mol. The van der Waals surface area contributed by atoms with E-state index < -0.39 is 0 Å². The fraction of sp³-hybridized carbons (Fsp3) is 0.478. The van der Waals surface area contributed by atoms with E-state index in [0.29, 0.717) is 6.04 Å². The zero-order valence-corrected chi connectivity index (χ0v) is 17.9. The van der Waals surface area contributed by atoms with Crippen LogP contribution in [-0.4, -0.2) is 71.9 Å². The number of ether oxygens (including phenoxy) is 1. The lowest BCUT2D eigenvalue weighted by atomic mass is 10.1. The number of fused-ring (bicyclic) bond motifs is 1. The second-order valence-corrected chi connectivity index (χ2v) is 8.39. The second-order valence-electron chi connectivity index (χ2n) is 8.39. The molecule has 0 amide bonds. The van der Waals surface area contributed by atoms with Gasteiger partial charge in [0.1, 0.15) is 5.82 Å². The van der Waals surface area contributed by atoms with Crippen LogP contribution in [0.2, 0.25) is 0 Å². The number of aryl methyl sites for hydroxylation is 1. The van der Waals surface area contributed by atoms with Crippen LogP contribution in [0.3, 0.4) is 0 Å². The maximum Gasteiger partial charge on any atom is 0.227 e. The molecule has 1 aromatic carbocycles. The number of rotatable bonds is 5. The van der Waals surface area contributed by atoms with Gasteiger partial charge in [-0.2, -0.15) is 4.98 Å². The average molecular weight is 407 g/mol. The number of hydrogen-bond acceptors (Lipinski definition) is 6. The van der Waals surface area contributed by atoms with Crippen LogP contribution in [0.1, 0.15) is 12.0 Å². The zero-order chi connectivity index (χ0) is 20.5. The molecule has 0 aliphatic carbocycles. The maximum atomic E-state index is 5.45. The van der Waals surface area contributed by atoms with Crippen LogP contribution >= 0.6 is 0 Å². The number of hydrogen-bond donors (Lipinski definition) is 0. The van der Waals surface area contributed by atoms with E-state index in [1.165, 1.54) is 16.5 Å². The fourth-order valence-corrected chi connectivity index (χ4v) is 4.70. The highest BCUT2D eigenvalue weighted by atomic mass is 16.5. The highest BCUT2D eigenvalue weighted by molar-refractivity contribution is 5.83. The van der Waals surface area contributed by atoms with E-state index in [4.69, 9.17) is 9.72 Å². The Morgan fingerprint density at radius 2 is 1.97 bits per heavy atom. The Morgan fingerprint density at radius 3 is 2.83 bits per heavy atom. The summed E-state index contributed by atoms with van der Waals surface area (Å²) in [6.07, 6.45) is 5.31. The van der Waals surface area contributed by atoms with Gasteiger partial charge in [-0.1, -0.05) is 18.2 Å². The molecule has 158 valence electrons. The Morgan fingerprint density at radius 1 is 1.13 bits per heavy atom. The molecule has 2 fully saturated rings. The first-order chi connectivity index (χ1) is 14.7. The number of likely N-dealkylation sites (tertiary alicyclic amines) is 1. The first-order valence-electron chi connectivity index (χ1n) is 10.8. The number of nitrogens with zero attached hydrogens (tertiary/aromatic N) is 6. The Bertz CT molecular complexity index is 1010. The lowest BCUT2D eigenvalue weighted by Crippen LogP contribution is -2.38. The second kappa shape index (κ2) is 8.24. The smallest absolute Gasteiger partial charge is 0.227 e. The van der Waals surface area contributed by atoms with Gasteiger partial charge < -0.3 is 19.1 Å². The SMILES string of the molecule is CN(c1ccnc(N2CCOCC2)n1)C1CCN(Cc2cn(C)c3ccccc23)C1. The van der Waals surface area contributed by atoms with Gasteiger partial charge in [0.25, 0.3) is 0 Å². The van der Waals surface area contributed by atoms with Crippen LogP contribution in [0.5, 0.6) is 0 Å². The lowest BCUT2D eigenvalue weighted by molar-refractivity contribution is 0.122. The van der Waals surface area contributed by atoms with Gasteiger partial charge in [-0.05, 0) is 24.1 Å². The molecule has 0 bridgehead atoms. The van der Waals surface area contributed by atoms with Gasteiger partial charge >= 0.3 is 0 Å². The van der Waals surface area contributed by atoms with Crippen molar-refractivity contribution in [1.29, 1.82) is 0 Å². The standard InChI is InChI=1S/C23H30N6O/c1-26-15-18(20-5-3-4-6-21(20)26)16-28-10-8-19(17-28)27(2)22-7-9-24-23(25-22)29-11-13-30-14-12-29/h3-7,9,15,19H,8,10-14,16-17H2,1-2H3. The summed E-state index contributed by atoms with van der Waals surface area (Å²) in [6.45, 7) is 6.36. The largest absolute Gasteiger partial charge is 0.378 e. The van der Waals surface area contributed by atoms with Crippen molar-refractivity contribution in [1.82, 2.24) is 19.4 Å². The Kier molecular flexibility index (Phi) is 5.31. The third-order valence-corrected chi connectivity index (χ3v) is 6.45. The van der Waals surface area contributed by atoms with Crippen molar-refractivity contribution in [3.05, 3.63) is 48.3 Å². The Balaban J connectivity index is 1.26. The third-order valence-electron chi connectivity index (χ3n) is 6.45. The summed E-state index contributed by atoms with van der Waals surface area (Å²) in [6, 6.07) is 11.2. The predicted molar refractivity (Wildman–Crippen MR) is 120 cm³/mol. The van der Waals surface area contributed by atoms with Crippen LogP contribution in [-0.2, 0) is 18.3 Å². The molecule has 5 rings (SSSR count). The van der Waals surface area contributed by atoms with E-state index in [2.05, 4.69) is 68.8 Å². The van der Waals surface area contributed by atoms with Gasteiger partial charge in [-0.15, -0.1) is 0 Å². The molecule has 0 N–H and O–H groups in total. The molecule has 1 unspecified atom stereocenters. The van der Waals surface area contributed by atoms with E-state index in [9.17, 15) is 0 Å². The molecular weight excluding hydrogens is 376 g/mol. The van der Waals surface area contributed by atoms with Gasteiger partial charge in [0.15, 0.2) is 0 Å². The molecule has 0 spiro atoms. The molecule has 0 saturated carbocycles. The first kappa shape index (κ1) is 19.3. The number of benzene rings is 1. The molecule has 30 heavy (non-hydrogen) atoms.